The number of anilines is 1. The van der Waals surface area contributed by atoms with E-state index in [9.17, 15) is 18.0 Å². The van der Waals surface area contributed by atoms with Crippen molar-refractivity contribution in [3.63, 3.8) is 0 Å². The van der Waals surface area contributed by atoms with Crippen LogP contribution in [-0.2, 0) is 32.6 Å². The molecule has 4 aromatic carbocycles. The summed E-state index contributed by atoms with van der Waals surface area (Å²) in [6.07, 6.45) is 4.05. The van der Waals surface area contributed by atoms with Gasteiger partial charge in [0.05, 0.1) is 20.6 Å². The van der Waals surface area contributed by atoms with Crippen LogP contribution in [0.1, 0.15) is 36.8 Å². The lowest BCUT2D eigenvalue weighted by Gasteiger charge is -2.34. The molecule has 0 aliphatic heterocycles. The van der Waals surface area contributed by atoms with Crippen molar-refractivity contribution in [2.75, 3.05) is 10.8 Å². The second-order valence-electron chi connectivity index (χ2n) is 11.2. The number of carbonyl (C=O) groups excluding carboxylic acids is 2. The summed E-state index contributed by atoms with van der Waals surface area (Å²) in [5.41, 5.74) is 1.71. The summed E-state index contributed by atoms with van der Waals surface area (Å²) in [6, 6.07) is 28.5. The van der Waals surface area contributed by atoms with Gasteiger partial charge in [0.25, 0.3) is 10.0 Å². The summed E-state index contributed by atoms with van der Waals surface area (Å²) >= 11 is 16.4. The SMILES string of the molecule is O=C(NC1CCCC1)[C@H](Cc1ccccc1)N(Cc1ccc(Br)cc1)C(=O)CN(c1cccc(Cl)c1Cl)S(=O)(=O)c1ccccc1. The Labute approximate surface area is 288 Å². The highest BCUT2D eigenvalue weighted by Crippen LogP contribution is 2.35. The van der Waals surface area contributed by atoms with Gasteiger partial charge in [0, 0.05) is 23.5 Å². The minimum Gasteiger partial charge on any atom is -0.352 e. The van der Waals surface area contributed by atoms with E-state index in [0.29, 0.717) is 0 Å². The van der Waals surface area contributed by atoms with Gasteiger partial charge in [-0.25, -0.2) is 8.42 Å². The number of nitrogens with one attached hydrogen (secondary N) is 1. The van der Waals surface area contributed by atoms with Crippen molar-refractivity contribution in [3.8, 4) is 0 Å². The smallest absolute Gasteiger partial charge is 0.264 e. The molecule has 1 aliphatic carbocycles. The van der Waals surface area contributed by atoms with Gasteiger partial charge in [0.2, 0.25) is 11.8 Å². The molecule has 0 bridgehead atoms. The Morgan fingerprint density at radius 2 is 1.46 bits per heavy atom. The monoisotopic (exact) mass is 741 g/mol. The van der Waals surface area contributed by atoms with Crippen LogP contribution in [0.4, 0.5) is 5.69 Å². The summed E-state index contributed by atoms with van der Waals surface area (Å²) in [6.45, 7) is -0.542. The van der Waals surface area contributed by atoms with Crippen LogP contribution in [0, 0.1) is 0 Å². The summed E-state index contributed by atoms with van der Waals surface area (Å²) in [4.78, 5) is 30.1. The molecule has 4 aromatic rings. The van der Waals surface area contributed by atoms with Gasteiger partial charge < -0.3 is 10.2 Å². The number of sulfonamides is 1. The van der Waals surface area contributed by atoms with E-state index in [1.807, 2.05) is 54.6 Å². The molecule has 1 saturated carbocycles. The molecule has 0 unspecified atom stereocenters. The number of carbonyl (C=O) groups is 2. The standard InChI is InChI=1S/C35H34BrCl2N3O4S/c36-27-20-18-26(19-21-27)23-40(32(22-25-10-3-1-4-11-25)35(43)39-28-12-7-8-13-28)33(42)24-41(31-17-9-16-30(37)34(31)38)46(44,45)29-14-5-2-6-15-29/h1-6,9-11,14-21,28,32H,7-8,12-13,22-24H2,(H,39,43)/t32-/m0/s1. The topological polar surface area (TPSA) is 86.8 Å². The first-order valence-corrected chi connectivity index (χ1v) is 18.0. The Bertz CT molecular complexity index is 1750. The molecular formula is C35H34BrCl2N3O4S. The van der Waals surface area contributed by atoms with Crippen LogP contribution < -0.4 is 9.62 Å². The zero-order chi connectivity index (χ0) is 32.7. The molecule has 0 spiro atoms. The van der Waals surface area contributed by atoms with Crippen molar-refractivity contribution in [1.29, 1.82) is 0 Å². The largest absolute Gasteiger partial charge is 0.352 e. The summed E-state index contributed by atoms with van der Waals surface area (Å²) < 4.78 is 30.1. The lowest BCUT2D eigenvalue weighted by molar-refractivity contribution is -0.140. The van der Waals surface area contributed by atoms with E-state index in [4.69, 9.17) is 23.2 Å². The van der Waals surface area contributed by atoms with Crippen LogP contribution in [0.25, 0.3) is 0 Å². The fourth-order valence-corrected chi connectivity index (χ4v) is 7.79. The van der Waals surface area contributed by atoms with Crippen molar-refractivity contribution in [1.82, 2.24) is 10.2 Å². The number of amides is 2. The van der Waals surface area contributed by atoms with Gasteiger partial charge in [-0.1, -0.05) is 119 Å². The number of benzene rings is 4. The third-order valence-corrected chi connectivity index (χ3v) is 11.2. The Hall–Kier alpha value is -3.37. The lowest BCUT2D eigenvalue weighted by Crippen LogP contribution is -2.54. The Morgan fingerprint density at radius 3 is 2.11 bits per heavy atom. The van der Waals surface area contributed by atoms with Gasteiger partial charge >= 0.3 is 0 Å². The van der Waals surface area contributed by atoms with Crippen LogP contribution in [0.3, 0.4) is 0 Å². The average Bonchev–Trinajstić information content (AvgIpc) is 3.57. The molecule has 0 heterocycles. The summed E-state index contributed by atoms with van der Waals surface area (Å²) in [7, 11) is -4.29. The van der Waals surface area contributed by atoms with Gasteiger partial charge in [-0.05, 0) is 60.4 Å². The van der Waals surface area contributed by atoms with Crippen molar-refractivity contribution in [2.45, 2.75) is 55.6 Å². The molecular weight excluding hydrogens is 709 g/mol. The maximum atomic E-state index is 14.6. The number of nitrogens with zero attached hydrogens (tertiary/aromatic N) is 2. The van der Waals surface area contributed by atoms with Crippen molar-refractivity contribution in [3.05, 3.63) is 129 Å². The molecule has 1 atom stereocenters. The van der Waals surface area contributed by atoms with Crippen molar-refractivity contribution >= 4 is 66.7 Å². The molecule has 240 valence electrons. The molecule has 46 heavy (non-hydrogen) atoms. The highest BCUT2D eigenvalue weighted by Gasteiger charge is 2.36. The minimum atomic E-state index is -4.29. The van der Waals surface area contributed by atoms with Crippen LogP contribution in [-0.4, -0.2) is 43.8 Å². The average molecular weight is 744 g/mol. The van der Waals surface area contributed by atoms with Crippen LogP contribution >= 0.6 is 39.1 Å². The molecule has 2 amide bonds. The Kier molecular flexibility index (Phi) is 11.4. The number of halogens is 3. The van der Waals surface area contributed by atoms with Crippen molar-refractivity contribution < 1.29 is 18.0 Å². The van der Waals surface area contributed by atoms with Crippen LogP contribution in [0.5, 0.6) is 0 Å². The minimum absolute atomic E-state index is 0.00394. The van der Waals surface area contributed by atoms with Gasteiger partial charge in [-0.2, -0.15) is 0 Å². The Balaban J connectivity index is 1.58. The maximum absolute atomic E-state index is 14.6. The lowest BCUT2D eigenvalue weighted by atomic mass is 10.0. The molecule has 7 nitrogen and oxygen atoms in total. The second kappa shape index (κ2) is 15.5. The van der Waals surface area contributed by atoms with Gasteiger partial charge in [-0.3, -0.25) is 13.9 Å². The Morgan fingerprint density at radius 1 is 0.826 bits per heavy atom. The predicted octanol–water partition coefficient (Wildman–Crippen LogP) is 7.65. The molecule has 0 radical (unpaired) electrons. The van der Waals surface area contributed by atoms with E-state index < -0.39 is 28.5 Å². The van der Waals surface area contributed by atoms with E-state index in [2.05, 4.69) is 21.2 Å². The maximum Gasteiger partial charge on any atom is 0.264 e. The second-order valence-corrected chi connectivity index (χ2v) is 14.8. The fraction of sp³-hybridized carbons (Fsp3) is 0.257. The van der Waals surface area contributed by atoms with Gasteiger partial charge in [-0.15, -0.1) is 0 Å². The molecule has 5 rings (SSSR count). The van der Waals surface area contributed by atoms with E-state index in [1.54, 1.807) is 30.3 Å². The van der Waals surface area contributed by atoms with Gasteiger partial charge in [0.1, 0.15) is 12.6 Å². The quantitative estimate of drug-likeness (QED) is 0.162. The number of rotatable bonds is 12. The molecule has 1 aliphatic rings. The van der Waals surface area contributed by atoms with E-state index in [0.717, 1.165) is 45.6 Å². The zero-order valence-electron chi connectivity index (χ0n) is 25.0. The molecule has 0 saturated heterocycles. The highest BCUT2D eigenvalue weighted by molar-refractivity contribution is 9.10. The summed E-state index contributed by atoms with van der Waals surface area (Å²) in [5.74, 6) is -0.847. The molecule has 1 fully saturated rings. The third-order valence-electron chi connectivity index (χ3n) is 8.05. The van der Waals surface area contributed by atoms with Crippen molar-refractivity contribution in [2.24, 2.45) is 0 Å². The molecule has 1 N–H and O–H groups in total. The first-order chi connectivity index (χ1) is 22.1. The van der Waals surface area contributed by atoms with Crippen LogP contribution in [0.2, 0.25) is 10.0 Å². The van der Waals surface area contributed by atoms with Crippen LogP contribution in [0.15, 0.2) is 112 Å². The third kappa shape index (κ3) is 8.31. The first-order valence-electron chi connectivity index (χ1n) is 15.0. The normalized spacial score (nSPS) is 14.1. The van der Waals surface area contributed by atoms with E-state index >= 15 is 0 Å². The molecule has 11 heteroatoms. The summed E-state index contributed by atoms with van der Waals surface area (Å²) in [5, 5.41) is 3.32. The number of hydrogen-bond acceptors (Lipinski definition) is 4. The fourth-order valence-electron chi connectivity index (χ4n) is 5.63. The first kappa shape index (κ1) is 34.0. The number of hydrogen-bond donors (Lipinski definition) is 1. The molecule has 0 aromatic heterocycles. The predicted molar refractivity (Wildman–Crippen MR) is 186 cm³/mol. The van der Waals surface area contributed by atoms with Gasteiger partial charge in [0.15, 0.2) is 0 Å². The van der Waals surface area contributed by atoms with E-state index in [1.165, 1.54) is 23.1 Å². The van der Waals surface area contributed by atoms with E-state index in [-0.39, 0.29) is 45.5 Å². The highest BCUT2D eigenvalue weighted by atomic mass is 79.9. The zero-order valence-corrected chi connectivity index (χ0v) is 28.9.